The second-order valence-electron chi connectivity index (χ2n) is 5.97. The predicted octanol–water partition coefficient (Wildman–Crippen LogP) is 4.08. The van der Waals surface area contributed by atoms with Gasteiger partial charge in [0.1, 0.15) is 0 Å². The maximum absolute atomic E-state index is 12.7. The van der Waals surface area contributed by atoms with Crippen molar-refractivity contribution in [3.05, 3.63) is 82.9 Å². The van der Waals surface area contributed by atoms with E-state index in [0.29, 0.717) is 16.1 Å². The van der Waals surface area contributed by atoms with E-state index >= 15 is 0 Å². The highest BCUT2D eigenvalue weighted by atomic mass is 32.1. The first-order valence-electron chi connectivity index (χ1n) is 8.33. The van der Waals surface area contributed by atoms with Crippen LogP contribution in [-0.4, -0.2) is 30.6 Å². The number of aromatic nitrogens is 5. The summed E-state index contributed by atoms with van der Waals surface area (Å²) < 4.78 is 1.71. The summed E-state index contributed by atoms with van der Waals surface area (Å²) in [5.41, 5.74) is 4.76. The molecule has 0 saturated heterocycles. The third-order valence-corrected chi connectivity index (χ3v) is 5.21. The Bertz CT molecular complexity index is 1240. The standard InChI is InChI=1S/C20H13N5OS/c26-19(18-5-2-10-27-18)15-12-23-25-17(7-8-21-20(15)25)14-4-1-3-13(11-14)16-6-9-22-24-16/h1-12H,(H,22,24). The van der Waals surface area contributed by atoms with E-state index in [0.717, 1.165) is 22.5 Å². The molecule has 4 heterocycles. The lowest BCUT2D eigenvalue weighted by atomic mass is 10.1. The molecule has 0 aliphatic rings. The molecular weight excluding hydrogens is 358 g/mol. The lowest BCUT2D eigenvalue weighted by Gasteiger charge is -2.06. The summed E-state index contributed by atoms with van der Waals surface area (Å²) in [7, 11) is 0. The fourth-order valence-corrected chi connectivity index (χ4v) is 3.75. The normalized spacial score (nSPS) is 11.1. The average Bonchev–Trinajstić information content (AvgIpc) is 3.49. The Kier molecular flexibility index (Phi) is 3.65. The quantitative estimate of drug-likeness (QED) is 0.483. The van der Waals surface area contributed by atoms with E-state index in [1.807, 2.05) is 53.9 Å². The van der Waals surface area contributed by atoms with E-state index < -0.39 is 0 Å². The molecule has 4 aromatic heterocycles. The lowest BCUT2D eigenvalue weighted by molar-refractivity contribution is 0.104. The summed E-state index contributed by atoms with van der Waals surface area (Å²) in [5, 5.41) is 13.4. The molecule has 0 atom stereocenters. The van der Waals surface area contributed by atoms with E-state index in [4.69, 9.17) is 0 Å². The summed E-state index contributed by atoms with van der Waals surface area (Å²) >= 11 is 1.41. The molecule has 0 saturated carbocycles. The van der Waals surface area contributed by atoms with Crippen molar-refractivity contribution >= 4 is 22.8 Å². The van der Waals surface area contributed by atoms with Crippen molar-refractivity contribution in [2.75, 3.05) is 0 Å². The Morgan fingerprint density at radius 1 is 1.07 bits per heavy atom. The monoisotopic (exact) mass is 371 g/mol. The first-order chi connectivity index (χ1) is 13.3. The van der Waals surface area contributed by atoms with Gasteiger partial charge in [0.15, 0.2) is 5.65 Å². The third kappa shape index (κ3) is 2.65. The molecule has 0 bridgehead atoms. The van der Waals surface area contributed by atoms with Gasteiger partial charge in [-0.25, -0.2) is 9.50 Å². The van der Waals surface area contributed by atoms with Crippen molar-refractivity contribution in [2.45, 2.75) is 0 Å². The Labute approximate surface area is 158 Å². The van der Waals surface area contributed by atoms with Crippen LogP contribution in [0.1, 0.15) is 15.2 Å². The fourth-order valence-electron chi connectivity index (χ4n) is 3.07. The minimum Gasteiger partial charge on any atom is -0.287 e. The Balaban J connectivity index is 1.63. The average molecular weight is 371 g/mol. The SMILES string of the molecule is O=C(c1cccs1)c1cnn2c(-c3cccc(-c4cc[nH]n4)c3)ccnc12. The van der Waals surface area contributed by atoms with E-state index in [2.05, 4.69) is 20.3 Å². The molecule has 0 fully saturated rings. The second kappa shape index (κ2) is 6.30. The van der Waals surface area contributed by atoms with E-state index in [1.165, 1.54) is 11.3 Å². The number of hydrogen-bond donors (Lipinski definition) is 1. The molecule has 0 unspecified atom stereocenters. The van der Waals surface area contributed by atoms with Gasteiger partial charge in [-0.3, -0.25) is 9.89 Å². The van der Waals surface area contributed by atoms with Crippen LogP contribution in [0.15, 0.2) is 72.5 Å². The zero-order chi connectivity index (χ0) is 18.2. The minimum absolute atomic E-state index is 0.0603. The van der Waals surface area contributed by atoms with Gasteiger partial charge in [0.05, 0.1) is 28.0 Å². The Morgan fingerprint density at radius 3 is 2.81 bits per heavy atom. The smallest absolute Gasteiger partial charge is 0.208 e. The van der Waals surface area contributed by atoms with Gasteiger partial charge in [-0.2, -0.15) is 10.2 Å². The molecular formula is C20H13N5OS. The molecule has 1 aromatic carbocycles. The number of aromatic amines is 1. The van der Waals surface area contributed by atoms with Crippen LogP contribution in [0.25, 0.3) is 28.2 Å². The number of ketones is 1. The van der Waals surface area contributed by atoms with Gasteiger partial charge >= 0.3 is 0 Å². The number of H-pyrrole nitrogens is 1. The van der Waals surface area contributed by atoms with Crippen LogP contribution in [0.5, 0.6) is 0 Å². The van der Waals surface area contributed by atoms with Crippen molar-refractivity contribution in [3.8, 4) is 22.5 Å². The van der Waals surface area contributed by atoms with Gasteiger partial charge in [0.25, 0.3) is 0 Å². The highest BCUT2D eigenvalue weighted by Crippen LogP contribution is 2.26. The fraction of sp³-hybridized carbons (Fsp3) is 0. The molecule has 0 aliphatic carbocycles. The number of fused-ring (bicyclic) bond motifs is 1. The summed E-state index contributed by atoms with van der Waals surface area (Å²) in [6, 6.07) is 15.5. The number of nitrogens with one attached hydrogen (secondary N) is 1. The number of benzene rings is 1. The van der Waals surface area contributed by atoms with Crippen LogP contribution in [0.2, 0.25) is 0 Å². The van der Waals surface area contributed by atoms with Gasteiger partial charge in [0.2, 0.25) is 5.78 Å². The molecule has 7 heteroatoms. The second-order valence-corrected chi connectivity index (χ2v) is 6.92. The molecule has 6 nitrogen and oxygen atoms in total. The van der Waals surface area contributed by atoms with Crippen molar-refractivity contribution in [1.82, 2.24) is 24.8 Å². The number of thiophene rings is 1. The Hall–Kier alpha value is -3.58. The highest BCUT2D eigenvalue weighted by molar-refractivity contribution is 7.12. The molecule has 0 aliphatic heterocycles. The lowest BCUT2D eigenvalue weighted by Crippen LogP contribution is -2.01. The van der Waals surface area contributed by atoms with Crippen molar-refractivity contribution in [1.29, 1.82) is 0 Å². The van der Waals surface area contributed by atoms with E-state index in [9.17, 15) is 4.79 Å². The molecule has 0 amide bonds. The molecule has 130 valence electrons. The highest BCUT2D eigenvalue weighted by Gasteiger charge is 2.18. The van der Waals surface area contributed by atoms with Gasteiger partial charge in [-0.1, -0.05) is 24.3 Å². The number of rotatable bonds is 4. The number of hydrogen-bond acceptors (Lipinski definition) is 5. The van der Waals surface area contributed by atoms with Gasteiger partial charge in [-0.05, 0) is 29.6 Å². The largest absolute Gasteiger partial charge is 0.287 e. The number of nitrogens with zero attached hydrogens (tertiary/aromatic N) is 4. The van der Waals surface area contributed by atoms with Crippen molar-refractivity contribution in [2.24, 2.45) is 0 Å². The molecule has 27 heavy (non-hydrogen) atoms. The Morgan fingerprint density at radius 2 is 2.00 bits per heavy atom. The first-order valence-corrected chi connectivity index (χ1v) is 9.21. The van der Waals surface area contributed by atoms with E-state index in [-0.39, 0.29) is 5.78 Å². The van der Waals surface area contributed by atoms with Gasteiger partial charge in [0, 0.05) is 23.5 Å². The van der Waals surface area contributed by atoms with Crippen molar-refractivity contribution < 1.29 is 4.79 Å². The molecule has 0 radical (unpaired) electrons. The number of carbonyl (C=O) groups excluding carboxylic acids is 1. The van der Waals surface area contributed by atoms with Crippen LogP contribution < -0.4 is 0 Å². The van der Waals surface area contributed by atoms with Gasteiger partial charge in [-0.15, -0.1) is 11.3 Å². The third-order valence-electron chi connectivity index (χ3n) is 4.35. The molecule has 5 rings (SSSR count). The van der Waals surface area contributed by atoms with Crippen LogP contribution in [0.4, 0.5) is 0 Å². The van der Waals surface area contributed by atoms with Crippen LogP contribution in [0, 0.1) is 0 Å². The summed E-state index contributed by atoms with van der Waals surface area (Å²) in [5.74, 6) is -0.0603. The van der Waals surface area contributed by atoms with Crippen molar-refractivity contribution in [3.63, 3.8) is 0 Å². The zero-order valence-corrected chi connectivity index (χ0v) is 14.9. The van der Waals surface area contributed by atoms with Crippen LogP contribution >= 0.6 is 11.3 Å². The summed E-state index contributed by atoms with van der Waals surface area (Å²) in [4.78, 5) is 17.8. The zero-order valence-electron chi connectivity index (χ0n) is 14.0. The molecule has 5 aromatic rings. The first kappa shape index (κ1) is 15.7. The van der Waals surface area contributed by atoms with Gasteiger partial charge < -0.3 is 0 Å². The maximum atomic E-state index is 12.7. The maximum Gasteiger partial charge on any atom is 0.208 e. The minimum atomic E-state index is -0.0603. The van der Waals surface area contributed by atoms with Crippen LogP contribution in [-0.2, 0) is 0 Å². The topological polar surface area (TPSA) is 75.9 Å². The summed E-state index contributed by atoms with van der Waals surface area (Å²) in [6.07, 6.45) is 5.09. The van der Waals surface area contributed by atoms with E-state index in [1.54, 1.807) is 23.1 Å². The summed E-state index contributed by atoms with van der Waals surface area (Å²) in [6.45, 7) is 0. The predicted molar refractivity (Wildman–Crippen MR) is 104 cm³/mol. The van der Waals surface area contributed by atoms with Crippen LogP contribution in [0.3, 0.4) is 0 Å². The molecule has 0 spiro atoms. The number of carbonyl (C=O) groups is 1. The molecule has 1 N–H and O–H groups in total.